The summed E-state index contributed by atoms with van der Waals surface area (Å²) in [6.45, 7) is 2.06. The fraction of sp³-hybridized carbons (Fsp3) is 0.429. The molecule has 5 rings (SSSR count). The maximum absolute atomic E-state index is 13.2. The van der Waals surface area contributed by atoms with Crippen LogP contribution in [0, 0.1) is 0 Å². The zero-order chi connectivity index (χ0) is 20.0. The highest BCUT2D eigenvalue weighted by Gasteiger charge is 2.33. The molecule has 4 nitrogen and oxygen atoms in total. The summed E-state index contributed by atoms with van der Waals surface area (Å²) >= 11 is 1.90. The maximum atomic E-state index is 13.2. The minimum absolute atomic E-state index is 0.232. The van der Waals surface area contributed by atoms with Crippen LogP contribution in [0.3, 0.4) is 0 Å². The molecule has 1 aliphatic carbocycles. The molecular weight excluding hydrogens is 397 g/mol. The van der Waals surface area contributed by atoms with E-state index >= 15 is 0 Å². The number of fused-ring (bicyclic) bond motifs is 1. The van der Waals surface area contributed by atoms with Gasteiger partial charge in [-0.15, -0.1) is 11.8 Å². The monoisotopic (exact) mass is 418 g/mol. The zero-order valence-corrected chi connectivity index (χ0v) is 16.5. The topological polar surface area (TPSA) is 53.6 Å². The van der Waals surface area contributed by atoms with Crippen LogP contribution in [0.25, 0.3) is 22.3 Å². The molecule has 1 saturated carbocycles. The first-order chi connectivity index (χ1) is 14.0. The average molecular weight is 418 g/mol. The summed E-state index contributed by atoms with van der Waals surface area (Å²) < 4.78 is 39.5. The molecule has 2 fully saturated rings. The van der Waals surface area contributed by atoms with Crippen LogP contribution in [0.15, 0.2) is 35.5 Å². The van der Waals surface area contributed by atoms with Gasteiger partial charge < -0.3 is 10.3 Å². The Morgan fingerprint density at radius 3 is 2.55 bits per heavy atom. The lowest BCUT2D eigenvalue weighted by Gasteiger charge is -2.23. The summed E-state index contributed by atoms with van der Waals surface area (Å²) in [6, 6.07) is 4.94. The highest BCUT2D eigenvalue weighted by atomic mass is 32.2. The molecule has 152 valence electrons. The molecule has 1 aliphatic heterocycles. The quantitative estimate of drug-likeness (QED) is 0.599. The van der Waals surface area contributed by atoms with Crippen molar-refractivity contribution in [1.82, 2.24) is 20.3 Å². The summed E-state index contributed by atoms with van der Waals surface area (Å²) in [4.78, 5) is 12.3. The number of nitrogens with one attached hydrogen (secondary N) is 2. The Morgan fingerprint density at radius 1 is 1.03 bits per heavy atom. The summed E-state index contributed by atoms with van der Waals surface area (Å²) in [5.41, 5.74) is 2.11. The number of pyridine rings is 2. The third kappa shape index (κ3) is 3.88. The SMILES string of the molecule is FC(F)(F)c1cc2c(-c3cc(SC4CCNCC4)c(C4CC4)cn3)ccnc2[nH]1. The van der Waals surface area contributed by atoms with E-state index in [4.69, 9.17) is 0 Å². The molecule has 29 heavy (non-hydrogen) atoms. The van der Waals surface area contributed by atoms with Crippen LogP contribution >= 0.6 is 11.8 Å². The highest BCUT2D eigenvalue weighted by molar-refractivity contribution is 8.00. The first-order valence-electron chi connectivity index (χ1n) is 9.91. The number of nitrogens with zero attached hydrogens (tertiary/aromatic N) is 2. The zero-order valence-electron chi connectivity index (χ0n) is 15.7. The Hall–Kier alpha value is -2.06. The van der Waals surface area contributed by atoms with Crippen molar-refractivity contribution in [3.63, 3.8) is 0 Å². The van der Waals surface area contributed by atoms with E-state index in [1.165, 1.54) is 29.5 Å². The summed E-state index contributed by atoms with van der Waals surface area (Å²) in [6.07, 6.45) is 3.65. The number of hydrogen-bond acceptors (Lipinski definition) is 4. The van der Waals surface area contributed by atoms with Crippen molar-refractivity contribution in [2.24, 2.45) is 0 Å². The number of aromatic amines is 1. The van der Waals surface area contributed by atoms with E-state index in [1.54, 1.807) is 6.07 Å². The lowest BCUT2D eigenvalue weighted by molar-refractivity contribution is -0.140. The van der Waals surface area contributed by atoms with Gasteiger partial charge in [-0.25, -0.2) is 4.98 Å². The molecule has 0 atom stereocenters. The van der Waals surface area contributed by atoms with Gasteiger partial charge in [-0.3, -0.25) is 4.98 Å². The van der Waals surface area contributed by atoms with Crippen LogP contribution in [0.4, 0.5) is 13.2 Å². The summed E-state index contributed by atoms with van der Waals surface area (Å²) in [5.74, 6) is 0.572. The molecule has 2 aliphatic rings. The third-order valence-electron chi connectivity index (χ3n) is 5.61. The standard InChI is InChI=1S/C21H21F3N4S/c22-21(23,24)19-9-15-14(5-8-26-20(15)28-19)17-10-18(16(11-27-17)12-1-2-12)29-13-3-6-25-7-4-13/h5,8-13,25H,1-4,6-7H2,(H,26,28). The van der Waals surface area contributed by atoms with Crippen molar-refractivity contribution >= 4 is 22.8 Å². The fourth-order valence-electron chi connectivity index (χ4n) is 3.89. The number of thioether (sulfide) groups is 1. The molecule has 0 amide bonds. The van der Waals surface area contributed by atoms with Gasteiger partial charge in [0.15, 0.2) is 0 Å². The van der Waals surface area contributed by atoms with Crippen LogP contribution in [0.5, 0.6) is 0 Å². The van der Waals surface area contributed by atoms with Crippen molar-refractivity contribution in [2.45, 2.75) is 47.9 Å². The molecule has 0 bridgehead atoms. The van der Waals surface area contributed by atoms with Crippen molar-refractivity contribution in [2.75, 3.05) is 13.1 Å². The Bertz CT molecular complexity index is 1040. The molecule has 3 aromatic rings. The molecular formula is C21H21F3N4S. The van der Waals surface area contributed by atoms with Crippen LogP contribution in [0.1, 0.15) is 42.9 Å². The molecule has 0 aromatic carbocycles. The Labute approximate surface area is 170 Å². The van der Waals surface area contributed by atoms with Crippen molar-refractivity contribution < 1.29 is 13.2 Å². The van der Waals surface area contributed by atoms with Crippen LogP contribution < -0.4 is 5.32 Å². The first-order valence-corrected chi connectivity index (χ1v) is 10.8. The second-order valence-corrected chi connectivity index (χ2v) is 9.09. The predicted octanol–water partition coefficient (Wildman–Crippen LogP) is 5.37. The smallest absolute Gasteiger partial charge is 0.336 e. The number of alkyl halides is 3. The number of aromatic nitrogens is 3. The Morgan fingerprint density at radius 2 is 1.83 bits per heavy atom. The third-order valence-corrected chi connectivity index (χ3v) is 7.02. The normalized spacial score (nSPS) is 18.4. The average Bonchev–Trinajstić information content (AvgIpc) is 3.44. The molecule has 8 heteroatoms. The van der Waals surface area contributed by atoms with Crippen LogP contribution in [0.2, 0.25) is 0 Å². The predicted molar refractivity (Wildman–Crippen MR) is 108 cm³/mol. The molecule has 2 N–H and O–H groups in total. The maximum Gasteiger partial charge on any atom is 0.431 e. The van der Waals surface area contributed by atoms with E-state index < -0.39 is 11.9 Å². The van der Waals surface area contributed by atoms with E-state index in [0.29, 0.717) is 27.8 Å². The van der Waals surface area contributed by atoms with Gasteiger partial charge in [0, 0.05) is 33.5 Å². The minimum Gasteiger partial charge on any atom is -0.336 e. The molecule has 3 aromatic heterocycles. The molecule has 1 saturated heterocycles. The van der Waals surface area contributed by atoms with Gasteiger partial charge >= 0.3 is 6.18 Å². The molecule has 0 unspecified atom stereocenters. The number of H-pyrrole nitrogens is 1. The Kier molecular flexibility index (Phi) is 4.78. The van der Waals surface area contributed by atoms with Gasteiger partial charge in [-0.1, -0.05) is 0 Å². The van der Waals surface area contributed by atoms with Crippen molar-refractivity contribution in [3.05, 3.63) is 41.9 Å². The van der Waals surface area contributed by atoms with Gasteiger partial charge in [0.25, 0.3) is 0 Å². The van der Waals surface area contributed by atoms with E-state index in [1.807, 2.05) is 18.0 Å². The first kappa shape index (κ1) is 18.9. The fourth-order valence-corrected chi connectivity index (χ4v) is 5.26. The van der Waals surface area contributed by atoms with Crippen LogP contribution in [-0.2, 0) is 6.18 Å². The molecule has 0 spiro atoms. The second kappa shape index (κ2) is 7.32. The van der Waals surface area contributed by atoms with Crippen molar-refractivity contribution in [1.29, 1.82) is 0 Å². The number of hydrogen-bond donors (Lipinski definition) is 2. The Balaban J connectivity index is 1.55. The van der Waals surface area contributed by atoms with E-state index in [9.17, 15) is 13.2 Å². The number of piperidine rings is 1. The van der Waals surface area contributed by atoms with E-state index in [0.717, 1.165) is 32.0 Å². The van der Waals surface area contributed by atoms with E-state index in [2.05, 4.69) is 26.3 Å². The van der Waals surface area contributed by atoms with Gasteiger partial charge in [-0.05, 0) is 68.5 Å². The number of halogens is 3. The van der Waals surface area contributed by atoms with Gasteiger partial charge in [0.05, 0.1) is 5.69 Å². The minimum atomic E-state index is -4.43. The lowest BCUT2D eigenvalue weighted by Crippen LogP contribution is -2.29. The summed E-state index contributed by atoms with van der Waals surface area (Å²) in [7, 11) is 0. The lowest BCUT2D eigenvalue weighted by atomic mass is 10.1. The summed E-state index contributed by atoms with van der Waals surface area (Å²) in [5, 5.41) is 4.40. The van der Waals surface area contributed by atoms with Gasteiger partial charge in [-0.2, -0.15) is 13.2 Å². The number of rotatable bonds is 4. The molecule has 4 heterocycles. The molecule has 0 radical (unpaired) electrons. The van der Waals surface area contributed by atoms with E-state index in [-0.39, 0.29) is 5.65 Å². The van der Waals surface area contributed by atoms with Crippen LogP contribution in [-0.4, -0.2) is 33.3 Å². The second-order valence-electron chi connectivity index (χ2n) is 7.75. The highest BCUT2D eigenvalue weighted by Crippen LogP contribution is 2.46. The van der Waals surface area contributed by atoms with Crippen molar-refractivity contribution in [3.8, 4) is 11.3 Å². The van der Waals surface area contributed by atoms with Gasteiger partial charge in [0.1, 0.15) is 11.3 Å². The largest absolute Gasteiger partial charge is 0.431 e. The van der Waals surface area contributed by atoms with Gasteiger partial charge in [0.2, 0.25) is 0 Å².